The van der Waals surface area contributed by atoms with Crippen LogP contribution in [0.5, 0.6) is 0 Å². The highest BCUT2D eigenvalue weighted by molar-refractivity contribution is 9.09. The number of fused-ring (bicyclic) bond motifs is 2. The molecule has 1 aliphatic heterocycles. The third-order valence-corrected chi connectivity index (χ3v) is 10.4. The van der Waals surface area contributed by atoms with Crippen LogP contribution in [0.15, 0.2) is 60.7 Å². The SMILES string of the molecule is CC(Br)c1cc2ccccc2s1.CC1(C)C(=O)N(Br)C(=O)N1Br.CCc1cc2ccccc2s1. The summed E-state index contributed by atoms with van der Waals surface area (Å²) in [6, 6.07) is 21.2. The number of imide groups is 1. The summed E-state index contributed by atoms with van der Waals surface area (Å²) in [5.41, 5.74) is -0.805. The quantitative estimate of drug-likeness (QED) is 0.120. The minimum Gasteiger partial charge on any atom is -0.271 e. The van der Waals surface area contributed by atoms with Gasteiger partial charge in [-0.2, -0.15) is 3.93 Å². The molecule has 1 atom stereocenters. The van der Waals surface area contributed by atoms with Gasteiger partial charge in [0.2, 0.25) is 0 Å². The molecule has 1 fully saturated rings. The van der Waals surface area contributed by atoms with Gasteiger partial charge in [-0.3, -0.25) is 4.79 Å². The molecule has 2 aromatic heterocycles. The molecule has 0 aliphatic carbocycles. The van der Waals surface area contributed by atoms with E-state index in [0.717, 1.165) is 10.3 Å². The molecule has 5 rings (SSSR count). The second-order valence-electron chi connectivity index (χ2n) is 8.12. The zero-order valence-electron chi connectivity index (χ0n) is 19.2. The van der Waals surface area contributed by atoms with Crippen molar-refractivity contribution in [3.05, 3.63) is 70.4 Å². The van der Waals surface area contributed by atoms with E-state index in [0.29, 0.717) is 4.83 Å². The Bertz CT molecular complexity index is 1230. The molecule has 0 spiro atoms. The van der Waals surface area contributed by atoms with E-state index in [2.05, 4.69) is 123 Å². The number of aryl methyl sites for hydroxylation is 1. The highest BCUT2D eigenvalue weighted by atomic mass is 79.9. The Morgan fingerprint density at radius 3 is 1.82 bits per heavy atom. The van der Waals surface area contributed by atoms with Crippen LogP contribution >= 0.6 is 70.9 Å². The summed E-state index contributed by atoms with van der Waals surface area (Å²) >= 11 is 13.2. The standard InChI is InChI=1S/C10H9BrS.C10H10S.C5H6Br2N2O2/c1-7(11)10-6-8-4-2-3-5-9(8)12-10;1-2-9-7-8-5-3-4-6-10(8)11-9;1-5(2)3(10)8(6)4(11)9(5)7/h2-7H,1H3;3-7H,2H2,1H3;1-2H3. The third kappa shape index (κ3) is 6.10. The molecule has 1 unspecified atom stereocenters. The molecular formula is C25H25Br3N2O2S2. The fourth-order valence-corrected chi connectivity index (χ4v) is 6.66. The first-order chi connectivity index (χ1) is 16.1. The second kappa shape index (κ2) is 11.6. The van der Waals surface area contributed by atoms with Crippen molar-refractivity contribution in [2.24, 2.45) is 0 Å². The number of hydrogen-bond donors (Lipinski definition) is 0. The van der Waals surface area contributed by atoms with Gasteiger partial charge in [0.05, 0.1) is 32.3 Å². The maximum absolute atomic E-state index is 11.2. The molecule has 0 N–H and O–H groups in total. The first kappa shape index (κ1) is 27.3. The van der Waals surface area contributed by atoms with Crippen LogP contribution in [0.1, 0.15) is 42.3 Å². The number of nitrogens with zero attached hydrogens (tertiary/aromatic N) is 2. The first-order valence-corrected chi connectivity index (χ1v) is 14.6. The Morgan fingerprint density at radius 2 is 1.44 bits per heavy atom. The van der Waals surface area contributed by atoms with Crippen molar-refractivity contribution in [1.82, 2.24) is 7.85 Å². The van der Waals surface area contributed by atoms with Crippen LogP contribution in [-0.2, 0) is 11.2 Å². The lowest BCUT2D eigenvalue weighted by molar-refractivity contribution is -0.127. The average Bonchev–Trinajstić information content (AvgIpc) is 3.49. The van der Waals surface area contributed by atoms with Gasteiger partial charge < -0.3 is 0 Å². The Kier molecular flexibility index (Phi) is 9.36. The number of amides is 3. The van der Waals surface area contributed by atoms with Crippen molar-refractivity contribution in [1.29, 1.82) is 0 Å². The maximum atomic E-state index is 11.2. The van der Waals surface area contributed by atoms with Crippen molar-refractivity contribution in [2.75, 3.05) is 0 Å². The normalized spacial score (nSPS) is 15.7. The summed E-state index contributed by atoms with van der Waals surface area (Å²) in [4.78, 5) is 25.6. The Labute approximate surface area is 233 Å². The van der Waals surface area contributed by atoms with Gasteiger partial charge in [-0.25, -0.2) is 8.72 Å². The number of carbonyl (C=O) groups excluding carboxylic acids is 2. The minimum absolute atomic E-state index is 0.278. The van der Waals surface area contributed by atoms with E-state index in [9.17, 15) is 9.59 Å². The molecule has 1 aliphatic rings. The van der Waals surface area contributed by atoms with E-state index in [1.54, 1.807) is 13.8 Å². The zero-order valence-corrected chi connectivity index (χ0v) is 25.6. The smallest absolute Gasteiger partial charge is 0.271 e. The zero-order chi connectivity index (χ0) is 25.0. The van der Waals surface area contributed by atoms with Gasteiger partial charge in [-0.05, 0) is 62.2 Å². The van der Waals surface area contributed by atoms with Gasteiger partial charge in [0.15, 0.2) is 0 Å². The fraction of sp³-hybridized carbons (Fsp3) is 0.280. The molecule has 34 heavy (non-hydrogen) atoms. The molecular weight excluding hydrogens is 664 g/mol. The van der Waals surface area contributed by atoms with Crippen LogP contribution in [0.3, 0.4) is 0 Å². The molecule has 0 saturated carbocycles. The van der Waals surface area contributed by atoms with Crippen LogP contribution in [-0.4, -0.2) is 25.3 Å². The summed E-state index contributed by atoms with van der Waals surface area (Å²) in [5, 5.41) is 2.73. The van der Waals surface area contributed by atoms with Gasteiger partial charge in [-0.1, -0.05) is 59.3 Å². The highest BCUT2D eigenvalue weighted by Crippen LogP contribution is 2.33. The summed E-state index contributed by atoms with van der Waals surface area (Å²) in [6.45, 7) is 7.67. The lowest BCUT2D eigenvalue weighted by Gasteiger charge is -2.19. The van der Waals surface area contributed by atoms with Crippen molar-refractivity contribution in [3.63, 3.8) is 0 Å². The van der Waals surface area contributed by atoms with E-state index in [4.69, 9.17) is 0 Å². The van der Waals surface area contributed by atoms with E-state index >= 15 is 0 Å². The number of rotatable bonds is 2. The number of halogens is 3. The van der Waals surface area contributed by atoms with Crippen LogP contribution in [0.25, 0.3) is 20.2 Å². The number of urea groups is 1. The molecule has 3 heterocycles. The Balaban J connectivity index is 0.000000143. The molecule has 180 valence electrons. The maximum Gasteiger partial charge on any atom is 0.348 e. The van der Waals surface area contributed by atoms with Crippen LogP contribution in [0.4, 0.5) is 4.79 Å². The first-order valence-electron chi connectivity index (χ1n) is 10.7. The van der Waals surface area contributed by atoms with Crippen molar-refractivity contribution in [2.45, 2.75) is 44.5 Å². The van der Waals surface area contributed by atoms with Crippen LogP contribution in [0, 0.1) is 0 Å². The molecule has 1 saturated heterocycles. The summed E-state index contributed by atoms with van der Waals surface area (Å²) in [5.74, 6) is -0.278. The molecule has 0 radical (unpaired) electrons. The van der Waals surface area contributed by atoms with Gasteiger partial charge in [0, 0.05) is 24.0 Å². The lowest BCUT2D eigenvalue weighted by atomic mass is 10.1. The fourth-order valence-electron chi connectivity index (χ4n) is 3.14. The van der Waals surface area contributed by atoms with Crippen molar-refractivity contribution in [3.8, 4) is 0 Å². The third-order valence-electron chi connectivity index (χ3n) is 5.19. The molecule has 4 aromatic rings. The van der Waals surface area contributed by atoms with Gasteiger partial charge in [0.25, 0.3) is 5.91 Å². The van der Waals surface area contributed by atoms with Crippen LogP contribution in [0.2, 0.25) is 0 Å². The topological polar surface area (TPSA) is 40.6 Å². The Morgan fingerprint density at radius 1 is 0.912 bits per heavy atom. The molecule has 3 amide bonds. The number of hydrogen-bond acceptors (Lipinski definition) is 4. The lowest BCUT2D eigenvalue weighted by Crippen LogP contribution is -2.37. The molecule has 9 heteroatoms. The summed E-state index contributed by atoms with van der Waals surface area (Å²) < 4.78 is 4.89. The second-order valence-corrected chi connectivity index (χ2v) is 13.2. The van der Waals surface area contributed by atoms with Gasteiger partial charge in [-0.15, -0.1) is 22.7 Å². The van der Waals surface area contributed by atoms with Crippen molar-refractivity contribution >= 4 is 103 Å². The number of thiophene rings is 2. The largest absolute Gasteiger partial charge is 0.348 e. The van der Waals surface area contributed by atoms with E-state index < -0.39 is 11.6 Å². The van der Waals surface area contributed by atoms with Gasteiger partial charge in [0.1, 0.15) is 5.54 Å². The minimum atomic E-state index is -0.805. The predicted octanol–water partition coefficient (Wildman–Crippen LogP) is 9.47. The van der Waals surface area contributed by atoms with Crippen LogP contribution < -0.4 is 0 Å². The Hall–Kier alpha value is -1.26. The van der Waals surface area contributed by atoms with E-state index in [1.165, 1.54) is 33.9 Å². The number of benzene rings is 2. The van der Waals surface area contributed by atoms with Gasteiger partial charge >= 0.3 is 6.03 Å². The number of alkyl halides is 1. The van der Waals surface area contributed by atoms with E-state index in [-0.39, 0.29) is 5.91 Å². The highest BCUT2D eigenvalue weighted by Gasteiger charge is 2.50. The number of carbonyl (C=O) groups is 2. The summed E-state index contributed by atoms with van der Waals surface area (Å²) in [6.07, 6.45) is 1.15. The predicted molar refractivity (Wildman–Crippen MR) is 156 cm³/mol. The van der Waals surface area contributed by atoms with Crippen molar-refractivity contribution < 1.29 is 9.59 Å². The monoisotopic (exact) mass is 686 g/mol. The van der Waals surface area contributed by atoms with E-state index in [1.807, 2.05) is 22.7 Å². The molecule has 2 aromatic carbocycles. The molecule has 0 bridgehead atoms. The molecule has 4 nitrogen and oxygen atoms in total. The summed E-state index contributed by atoms with van der Waals surface area (Å²) in [7, 11) is 0. The average molecular weight is 689 g/mol.